The predicted octanol–water partition coefficient (Wildman–Crippen LogP) is 0.475. The van der Waals surface area contributed by atoms with Gasteiger partial charge in [0.25, 0.3) is 0 Å². The number of nitrogens with zero attached hydrogens (tertiary/aromatic N) is 3. The summed E-state index contributed by atoms with van der Waals surface area (Å²) in [6.07, 6.45) is 6.78. The van der Waals surface area contributed by atoms with Gasteiger partial charge in [-0.05, 0) is 25.7 Å². The number of sulfone groups is 1. The van der Waals surface area contributed by atoms with E-state index in [-0.39, 0.29) is 11.7 Å². The van der Waals surface area contributed by atoms with Crippen molar-refractivity contribution >= 4 is 15.7 Å². The highest BCUT2D eigenvalue weighted by atomic mass is 32.2. The number of aryl methyl sites for hydroxylation is 1. The summed E-state index contributed by atoms with van der Waals surface area (Å²) in [6.45, 7) is 4.07. The van der Waals surface area contributed by atoms with Crippen molar-refractivity contribution in [3.63, 3.8) is 0 Å². The number of hydrogen-bond acceptors (Lipinski definition) is 4. The molecule has 0 aromatic carbocycles. The summed E-state index contributed by atoms with van der Waals surface area (Å²) in [5.74, 6) is 0.661. The van der Waals surface area contributed by atoms with Gasteiger partial charge in [0.1, 0.15) is 11.6 Å². The molecule has 1 fully saturated rings. The summed E-state index contributed by atoms with van der Waals surface area (Å²) < 4.78 is 24.5. The van der Waals surface area contributed by atoms with Crippen LogP contribution in [0.4, 0.5) is 0 Å². The topological polar surface area (TPSA) is 72.3 Å². The van der Waals surface area contributed by atoms with Gasteiger partial charge in [0.05, 0.1) is 0 Å². The average molecular weight is 299 g/mol. The van der Waals surface area contributed by atoms with Gasteiger partial charge in [-0.15, -0.1) is 0 Å². The fraction of sp³-hybridized carbons (Fsp3) is 0.692. The smallest absolute Gasteiger partial charge is 0.237 e. The molecule has 7 heteroatoms. The van der Waals surface area contributed by atoms with Crippen LogP contribution < -0.4 is 0 Å². The Morgan fingerprint density at radius 2 is 2.25 bits per heavy atom. The van der Waals surface area contributed by atoms with Crippen molar-refractivity contribution in [3.05, 3.63) is 18.2 Å². The van der Waals surface area contributed by atoms with Crippen LogP contribution in [-0.4, -0.2) is 53.9 Å². The van der Waals surface area contributed by atoms with Gasteiger partial charge >= 0.3 is 0 Å². The first kappa shape index (κ1) is 15.0. The lowest BCUT2D eigenvalue weighted by Crippen LogP contribution is -2.43. The average Bonchev–Trinajstić information content (AvgIpc) is 2.73. The highest BCUT2D eigenvalue weighted by Crippen LogP contribution is 2.19. The highest BCUT2D eigenvalue weighted by molar-refractivity contribution is 7.91. The lowest BCUT2D eigenvalue weighted by molar-refractivity contribution is -0.130. The van der Waals surface area contributed by atoms with E-state index in [1.807, 2.05) is 13.1 Å². The number of rotatable bonds is 4. The number of carbonyl (C=O) groups excluding carboxylic acids is 1. The molecule has 1 aromatic rings. The minimum Gasteiger partial charge on any atom is -0.341 e. The van der Waals surface area contributed by atoms with Crippen LogP contribution in [0.25, 0.3) is 0 Å². The Bertz CT molecular complexity index is 579. The molecule has 6 nitrogen and oxygen atoms in total. The Labute approximate surface area is 119 Å². The predicted molar refractivity (Wildman–Crippen MR) is 76.0 cm³/mol. The normalized spacial score (nSPS) is 20.1. The second-order valence-corrected chi connectivity index (χ2v) is 7.69. The molecule has 0 spiro atoms. The molecule has 0 N–H and O–H groups in total. The van der Waals surface area contributed by atoms with Crippen molar-refractivity contribution < 1.29 is 13.2 Å². The van der Waals surface area contributed by atoms with Crippen molar-refractivity contribution in [2.75, 3.05) is 25.1 Å². The second kappa shape index (κ2) is 5.95. The molecule has 1 atom stereocenters. The molecule has 1 saturated heterocycles. The summed E-state index contributed by atoms with van der Waals surface area (Å²) >= 11 is 0. The van der Waals surface area contributed by atoms with E-state index in [1.165, 1.54) is 0 Å². The third kappa shape index (κ3) is 4.06. The zero-order chi connectivity index (χ0) is 14.8. The molecule has 0 saturated carbocycles. The molecule has 1 aliphatic heterocycles. The number of piperidine rings is 1. The largest absolute Gasteiger partial charge is 0.341 e. The van der Waals surface area contributed by atoms with Gasteiger partial charge in [0.2, 0.25) is 5.91 Å². The zero-order valence-corrected chi connectivity index (χ0v) is 12.8. The zero-order valence-electron chi connectivity index (χ0n) is 11.9. The number of carbonyl (C=O) groups is 1. The van der Waals surface area contributed by atoms with Crippen LogP contribution in [0.15, 0.2) is 12.4 Å². The Kier molecular flexibility index (Phi) is 4.47. The van der Waals surface area contributed by atoms with Crippen molar-refractivity contribution in [2.45, 2.75) is 26.3 Å². The number of hydrogen-bond donors (Lipinski definition) is 0. The summed E-state index contributed by atoms with van der Waals surface area (Å²) in [5.41, 5.74) is 0. The van der Waals surface area contributed by atoms with Crippen molar-refractivity contribution in [1.29, 1.82) is 0 Å². The highest BCUT2D eigenvalue weighted by Gasteiger charge is 2.25. The first-order valence-electron chi connectivity index (χ1n) is 6.78. The molecule has 112 valence electrons. The fourth-order valence-corrected chi connectivity index (χ4v) is 3.26. The minimum absolute atomic E-state index is 0.278. The molecule has 1 aromatic heterocycles. The van der Waals surface area contributed by atoms with Gasteiger partial charge in [-0.1, -0.05) is 0 Å². The lowest BCUT2D eigenvalue weighted by atomic mass is 9.98. The maximum Gasteiger partial charge on any atom is 0.237 e. The molecule has 0 aliphatic carbocycles. The van der Waals surface area contributed by atoms with E-state index in [0.717, 1.165) is 31.5 Å². The maximum absolute atomic E-state index is 12.0. The van der Waals surface area contributed by atoms with Crippen LogP contribution in [0.5, 0.6) is 0 Å². The molecule has 0 unspecified atom stereocenters. The SMILES string of the molecule is Cc1nccn1C[C@@H]1CCCN(C(=O)CS(C)(=O)=O)C1. The molecular weight excluding hydrogens is 278 g/mol. The Balaban J connectivity index is 1.95. The summed E-state index contributed by atoms with van der Waals surface area (Å²) in [7, 11) is -3.25. The molecule has 1 aliphatic rings. The van der Waals surface area contributed by atoms with Crippen LogP contribution in [-0.2, 0) is 21.2 Å². The Morgan fingerprint density at radius 1 is 1.50 bits per heavy atom. The van der Waals surface area contributed by atoms with E-state index in [9.17, 15) is 13.2 Å². The first-order chi connectivity index (χ1) is 9.35. The lowest BCUT2D eigenvalue weighted by Gasteiger charge is -2.33. The Morgan fingerprint density at radius 3 is 2.85 bits per heavy atom. The van der Waals surface area contributed by atoms with E-state index in [1.54, 1.807) is 11.1 Å². The summed E-state index contributed by atoms with van der Waals surface area (Å²) in [6, 6.07) is 0. The van der Waals surface area contributed by atoms with Crippen LogP contribution in [0.1, 0.15) is 18.7 Å². The van der Waals surface area contributed by atoms with E-state index in [4.69, 9.17) is 0 Å². The van der Waals surface area contributed by atoms with Crippen LogP contribution in [0.3, 0.4) is 0 Å². The molecular formula is C13H21N3O3S. The quantitative estimate of drug-likeness (QED) is 0.810. The second-order valence-electron chi connectivity index (χ2n) is 5.54. The monoisotopic (exact) mass is 299 g/mol. The van der Waals surface area contributed by atoms with Gasteiger partial charge in [0.15, 0.2) is 9.84 Å². The first-order valence-corrected chi connectivity index (χ1v) is 8.84. The van der Waals surface area contributed by atoms with Crippen molar-refractivity contribution in [3.8, 4) is 0 Å². The number of imidazole rings is 1. The van der Waals surface area contributed by atoms with Crippen LogP contribution in [0.2, 0.25) is 0 Å². The standard InChI is InChI=1S/C13H21N3O3S/c1-11-14-5-7-15(11)8-12-4-3-6-16(9-12)13(17)10-20(2,18)19/h5,7,12H,3-4,6,8-10H2,1-2H3/t12-/m0/s1. The fourth-order valence-electron chi connectivity index (χ4n) is 2.63. The number of likely N-dealkylation sites (tertiary alicyclic amines) is 1. The summed E-state index contributed by atoms with van der Waals surface area (Å²) in [5, 5.41) is 0. The minimum atomic E-state index is -3.25. The van der Waals surface area contributed by atoms with Gasteiger partial charge in [-0.25, -0.2) is 13.4 Å². The van der Waals surface area contributed by atoms with Gasteiger partial charge in [-0.2, -0.15) is 0 Å². The van der Waals surface area contributed by atoms with E-state index in [2.05, 4.69) is 9.55 Å². The summed E-state index contributed by atoms with van der Waals surface area (Å²) in [4.78, 5) is 17.8. The van der Waals surface area contributed by atoms with Crippen LogP contribution >= 0.6 is 0 Å². The van der Waals surface area contributed by atoms with Gasteiger partial charge < -0.3 is 9.47 Å². The molecule has 2 heterocycles. The molecule has 1 amide bonds. The van der Waals surface area contributed by atoms with E-state index in [0.29, 0.717) is 19.0 Å². The molecule has 0 radical (unpaired) electrons. The van der Waals surface area contributed by atoms with Gasteiger partial charge in [0, 0.05) is 38.3 Å². The number of amides is 1. The van der Waals surface area contributed by atoms with Gasteiger partial charge in [-0.3, -0.25) is 4.79 Å². The molecule has 20 heavy (non-hydrogen) atoms. The third-order valence-corrected chi connectivity index (χ3v) is 4.41. The van der Waals surface area contributed by atoms with Crippen molar-refractivity contribution in [2.24, 2.45) is 5.92 Å². The maximum atomic E-state index is 12.0. The molecule has 0 bridgehead atoms. The third-order valence-electron chi connectivity index (χ3n) is 3.64. The molecule has 2 rings (SSSR count). The van der Waals surface area contributed by atoms with E-state index >= 15 is 0 Å². The van der Waals surface area contributed by atoms with E-state index < -0.39 is 9.84 Å². The van der Waals surface area contributed by atoms with Crippen LogP contribution in [0, 0.1) is 12.8 Å². The number of aromatic nitrogens is 2. The Hall–Kier alpha value is -1.37. The van der Waals surface area contributed by atoms with Crippen molar-refractivity contribution in [1.82, 2.24) is 14.5 Å².